The van der Waals surface area contributed by atoms with Gasteiger partial charge in [-0.3, -0.25) is 0 Å². The molecule has 1 aromatic carbocycles. The van der Waals surface area contributed by atoms with Gasteiger partial charge in [-0.1, -0.05) is 41.5 Å². The van der Waals surface area contributed by atoms with Crippen LogP contribution in [0.5, 0.6) is 0 Å². The summed E-state index contributed by atoms with van der Waals surface area (Å²) in [4.78, 5) is 0. The maximum absolute atomic E-state index is 10.2. The molecule has 1 N–H and O–H groups in total. The topological polar surface area (TPSA) is 20.2 Å². The summed E-state index contributed by atoms with van der Waals surface area (Å²) in [7, 11) is 0. The molecule has 0 radical (unpaired) electrons. The Balaban J connectivity index is 2.17. The number of rotatable bonds is 0. The van der Waals surface area contributed by atoms with Crippen LogP contribution in [0.3, 0.4) is 0 Å². The van der Waals surface area contributed by atoms with Gasteiger partial charge in [-0.25, -0.2) is 0 Å². The average molecular weight is 269 g/mol. The molecule has 0 spiro atoms. The number of hydrogen-bond donors (Lipinski definition) is 1. The summed E-state index contributed by atoms with van der Waals surface area (Å²) in [6.45, 7) is 0. The minimum atomic E-state index is -0.815. The second-order valence-corrected chi connectivity index (χ2v) is 5.29. The van der Waals surface area contributed by atoms with Crippen molar-refractivity contribution in [2.24, 2.45) is 0 Å². The summed E-state index contributed by atoms with van der Waals surface area (Å²) < 4.78 is 0. The molecule has 1 aliphatic rings. The lowest BCUT2D eigenvalue weighted by Crippen LogP contribution is -2.29. The maximum atomic E-state index is 10.2. The Morgan fingerprint density at radius 3 is 2.41 bits per heavy atom. The van der Waals surface area contributed by atoms with Crippen molar-refractivity contribution < 1.29 is 5.11 Å². The predicted octanol–water partition coefficient (Wildman–Crippen LogP) is 4.04. The molecular weight excluding hydrogens is 255 g/mol. The Kier molecular flexibility index (Phi) is 3.99. The van der Waals surface area contributed by atoms with Crippen molar-refractivity contribution in [2.75, 3.05) is 0 Å². The van der Waals surface area contributed by atoms with E-state index in [4.69, 9.17) is 23.2 Å². The molecule has 0 atom stereocenters. The Labute approximate surface area is 112 Å². The number of benzene rings is 1. The molecule has 2 rings (SSSR count). The highest BCUT2D eigenvalue weighted by Crippen LogP contribution is 2.27. The van der Waals surface area contributed by atoms with Gasteiger partial charge in [0.15, 0.2) is 0 Å². The average Bonchev–Trinajstić information content (AvgIpc) is 2.32. The lowest BCUT2D eigenvalue weighted by Gasteiger charge is -2.26. The van der Waals surface area contributed by atoms with Crippen LogP contribution in [0.25, 0.3) is 0 Å². The molecule has 1 fully saturated rings. The summed E-state index contributed by atoms with van der Waals surface area (Å²) in [6.07, 6.45) is 4.82. The molecule has 0 amide bonds. The summed E-state index contributed by atoms with van der Waals surface area (Å²) in [5.74, 6) is 5.94. The summed E-state index contributed by atoms with van der Waals surface area (Å²) in [5.41, 5.74) is -0.0249. The molecule has 0 heterocycles. The van der Waals surface area contributed by atoms with Crippen molar-refractivity contribution in [1.29, 1.82) is 0 Å². The van der Waals surface area contributed by atoms with Gasteiger partial charge in [0.2, 0.25) is 0 Å². The van der Waals surface area contributed by atoms with Gasteiger partial charge in [-0.15, -0.1) is 0 Å². The fraction of sp³-hybridized carbons (Fsp3) is 0.429. The molecule has 1 saturated carbocycles. The minimum Gasteiger partial charge on any atom is -0.378 e. The highest BCUT2D eigenvalue weighted by Gasteiger charge is 2.26. The quantitative estimate of drug-likeness (QED) is 0.705. The van der Waals surface area contributed by atoms with Gasteiger partial charge < -0.3 is 5.11 Å². The minimum absolute atomic E-state index is 0.495. The van der Waals surface area contributed by atoms with Crippen molar-refractivity contribution in [3.05, 3.63) is 33.8 Å². The molecule has 1 aromatic rings. The van der Waals surface area contributed by atoms with Crippen LogP contribution in [-0.4, -0.2) is 10.7 Å². The van der Waals surface area contributed by atoms with Crippen molar-refractivity contribution in [3.8, 4) is 11.8 Å². The monoisotopic (exact) mass is 268 g/mol. The highest BCUT2D eigenvalue weighted by molar-refractivity contribution is 6.42. The smallest absolute Gasteiger partial charge is 0.125 e. The van der Waals surface area contributed by atoms with Crippen molar-refractivity contribution in [1.82, 2.24) is 0 Å². The molecule has 3 heteroatoms. The van der Waals surface area contributed by atoms with Crippen LogP contribution in [0.4, 0.5) is 0 Å². The van der Waals surface area contributed by atoms with Crippen LogP contribution in [0.15, 0.2) is 18.2 Å². The summed E-state index contributed by atoms with van der Waals surface area (Å²) in [6, 6.07) is 5.26. The third-order valence-electron chi connectivity index (χ3n) is 3.04. The second-order valence-electron chi connectivity index (χ2n) is 4.47. The predicted molar refractivity (Wildman–Crippen MR) is 71.4 cm³/mol. The molecule has 0 aromatic heterocycles. The molecule has 1 nitrogen and oxygen atoms in total. The molecule has 0 aliphatic heterocycles. The number of hydrogen-bond acceptors (Lipinski definition) is 1. The third-order valence-corrected chi connectivity index (χ3v) is 3.78. The van der Waals surface area contributed by atoms with Crippen LogP contribution in [0, 0.1) is 11.8 Å². The molecule has 0 saturated heterocycles. The Bertz CT molecular complexity index is 465. The van der Waals surface area contributed by atoms with E-state index in [2.05, 4.69) is 11.8 Å². The first-order chi connectivity index (χ1) is 8.09. The number of halogens is 2. The van der Waals surface area contributed by atoms with Crippen molar-refractivity contribution >= 4 is 23.2 Å². The van der Waals surface area contributed by atoms with E-state index in [0.29, 0.717) is 10.0 Å². The van der Waals surface area contributed by atoms with E-state index in [0.717, 1.165) is 31.2 Å². The fourth-order valence-electron chi connectivity index (χ4n) is 2.02. The molecule has 17 heavy (non-hydrogen) atoms. The largest absolute Gasteiger partial charge is 0.378 e. The number of aliphatic hydroxyl groups is 1. The van der Waals surface area contributed by atoms with Gasteiger partial charge in [0.25, 0.3) is 0 Å². The lowest BCUT2D eigenvalue weighted by atomic mass is 9.85. The van der Waals surface area contributed by atoms with Crippen LogP contribution < -0.4 is 0 Å². The first-order valence-corrected chi connectivity index (χ1v) is 6.55. The van der Waals surface area contributed by atoms with Gasteiger partial charge in [0.05, 0.1) is 10.0 Å². The Morgan fingerprint density at radius 2 is 1.76 bits per heavy atom. The van der Waals surface area contributed by atoms with Crippen LogP contribution in [-0.2, 0) is 0 Å². The van der Waals surface area contributed by atoms with Gasteiger partial charge in [-0.2, -0.15) is 0 Å². The standard InChI is InChI=1S/C14H14Cl2O/c15-12-5-4-11(10-13(12)16)6-9-14(17)7-2-1-3-8-14/h4-5,10,17H,1-3,7-8H2. The first-order valence-electron chi connectivity index (χ1n) is 5.80. The van der Waals surface area contributed by atoms with Gasteiger partial charge in [0.1, 0.15) is 5.60 Å². The zero-order valence-electron chi connectivity index (χ0n) is 9.47. The van der Waals surface area contributed by atoms with E-state index >= 15 is 0 Å². The highest BCUT2D eigenvalue weighted by atomic mass is 35.5. The lowest BCUT2D eigenvalue weighted by molar-refractivity contribution is 0.0610. The van der Waals surface area contributed by atoms with Crippen LogP contribution >= 0.6 is 23.2 Å². The zero-order valence-corrected chi connectivity index (χ0v) is 11.0. The van der Waals surface area contributed by atoms with E-state index in [-0.39, 0.29) is 0 Å². The van der Waals surface area contributed by atoms with Crippen LogP contribution in [0.2, 0.25) is 10.0 Å². The third kappa shape index (κ3) is 3.39. The van der Waals surface area contributed by atoms with E-state index in [1.54, 1.807) is 12.1 Å². The van der Waals surface area contributed by atoms with Gasteiger partial charge >= 0.3 is 0 Å². The van der Waals surface area contributed by atoms with Gasteiger partial charge in [0, 0.05) is 5.56 Å². The first kappa shape index (κ1) is 12.8. The Morgan fingerprint density at radius 1 is 1.06 bits per heavy atom. The summed E-state index contributed by atoms with van der Waals surface area (Å²) in [5, 5.41) is 11.2. The van der Waals surface area contributed by atoms with Crippen molar-refractivity contribution in [2.45, 2.75) is 37.7 Å². The van der Waals surface area contributed by atoms with E-state index in [9.17, 15) is 5.11 Å². The molecular formula is C14H14Cl2O. The van der Waals surface area contributed by atoms with E-state index in [1.165, 1.54) is 6.42 Å². The van der Waals surface area contributed by atoms with Crippen molar-refractivity contribution in [3.63, 3.8) is 0 Å². The molecule has 90 valence electrons. The SMILES string of the molecule is OC1(C#Cc2ccc(Cl)c(Cl)c2)CCCCC1. The summed E-state index contributed by atoms with van der Waals surface area (Å²) >= 11 is 11.7. The van der Waals surface area contributed by atoms with Gasteiger partial charge in [-0.05, 0) is 43.9 Å². The van der Waals surface area contributed by atoms with E-state index < -0.39 is 5.60 Å². The Hall–Kier alpha value is -0.680. The molecule has 1 aliphatic carbocycles. The molecule has 0 bridgehead atoms. The second kappa shape index (κ2) is 5.31. The van der Waals surface area contributed by atoms with Crippen LogP contribution in [0.1, 0.15) is 37.7 Å². The normalized spacial score (nSPS) is 18.3. The molecule has 0 unspecified atom stereocenters. The van der Waals surface area contributed by atoms with E-state index in [1.807, 2.05) is 6.07 Å². The fourth-order valence-corrected chi connectivity index (χ4v) is 2.32. The zero-order chi connectivity index (χ0) is 12.3. The maximum Gasteiger partial charge on any atom is 0.125 e.